The van der Waals surface area contributed by atoms with E-state index in [2.05, 4.69) is 4.98 Å². The molecule has 1 fully saturated rings. The first kappa shape index (κ1) is 13.7. The molecule has 0 aliphatic carbocycles. The van der Waals surface area contributed by atoms with Gasteiger partial charge in [-0.15, -0.1) is 0 Å². The van der Waals surface area contributed by atoms with E-state index in [4.69, 9.17) is 5.73 Å². The Bertz CT molecular complexity index is 580. The number of hydrogen-bond donors (Lipinski definition) is 3. The first-order valence-corrected chi connectivity index (χ1v) is 6.45. The van der Waals surface area contributed by atoms with Crippen LogP contribution in [-0.4, -0.2) is 33.3 Å². The fourth-order valence-corrected chi connectivity index (χ4v) is 2.36. The zero-order valence-electron chi connectivity index (χ0n) is 11.3. The Balaban J connectivity index is 2.39. The Morgan fingerprint density at radius 3 is 2.58 bits per heavy atom. The van der Waals surface area contributed by atoms with Crippen molar-refractivity contribution in [1.82, 2.24) is 9.55 Å². The van der Waals surface area contributed by atoms with Gasteiger partial charge in [0.1, 0.15) is 11.5 Å². The molecule has 2 rings (SSSR count). The second-order valence-corrected chi connectivity index (χ2v) is 5.35. The van der Waals surface area contributed by atoms with E-state index >= 15 is 0 Å². The van der Waals surface area contributed by atoms with Gasteiger partial charge < -0.3 is 15.7 Å². The average molecular weight is 268 g/mol. The quantitative estimate of drug-likeness (QED) is 0.682. The van der Waals surface area contributed by atoms with Crippen LogP contribution in [0.15, 0.2) is 9.59 Å². The van der Waals surface area contributed by atoms with Gasteiger partial charge in [0.15, 0.2) is 0 Å². The summed E-state index contributed by atoms with van der Waals surface area (Å²) >= 11 is 0. The van der Waals surface area contributed by atoms with Crippen LogP contribution in [0.5, 0.6) is 0 Å². The first-order valence-electron chi connectivity index (χ1n) is 6.45. The maximum absolute atomic E-state index is 11.9. The van der Waals surface area contributed by atoms with Crippen molar-refractivity contribution < 1.29 is 5.11 Å². The molecule has 0 saturated carbocycles. The van der Waals surface area contributed by atoms with Crippen LogP contribution in [0.25, 0.3) is 0 Å². The third kappa shape index (κ3) is 2.51. The summed E-state index contributed by atoms with van der Waals surface area (Å²) in [6.07, 6.45) is 1.74. The summed E-state index contributed by atoms with van der Waals surface area (Å²) in [7, 11) is 0. The number of hydrogen-bond acceptors (Lipinski definition) is 5. The van der Waals surface area contributed by atoms with Gasteiger partial charge in [0.2, 0.25) is 0 Å². The SMILES string of the molecule is CCCCn1c(N)c(N2CC(C)(O)C2)c(=O)[nH]c1=O. The van der Waals surface area contributed by atoms with E-state index in [9.17, 15) is 14.7 Å². The number of rotatable bonds is 4. The highest BCUT2D eigenvalue weighted by atomic mass is 16.3. The molecule has 1 saturated heterocycles. The normalized spacial score (nSPS) is 17.3. The van der Waals surface area contributed by atoms with Crippen LogP contribution in [0.3, 0.4) is 0 Å². The predicted molar refractivity (Wildman–Crippen MR) is 73.5 cm³/mol. The minimum Gasteiger partial charge on any atom is -0.386 e. The third-order valence-corrected chi connectivity index (χ3v) is 3.33. The molecule has 0 bridgehead atoms. The van der Waals surface area contributed by atoms with Gasteiger partial charge in [-0.2, -0.15) is 0 Å². The Labute approximate surface area is 110 Å². The van der Waals surface area contributed by atoms with E-state index in [0.29, 0.717) is 19.6 Å². The molecular weight excluding hydrogens is 248 g/mol. The van der Waals surface area contributed by atoms with E-state index in [1.54, 1.807) is 11.8 Å². The second-order valence-electron chi connectivity index (χ2n) is 5.35. The van der Waals surface area contributed by atoms with Crippen LogP contribution >= 0.6 is 0 Å². The molecule has 0 radical (unpaired) electrons. The molecule has 4 N–H and O–H groups in total. The largest absolute Gasteiger partial charge is 0.386 e. The zero-order valence-corrected chi connectivity index (χ0v) is 11.3. The summed E-state index contributed by atoms with van der Waals surface area (Å²) < 4.78 is 1.38. The Morgan fingerprint density at radius 1 is 1.42 bits per heavy atom. The number of nitrogens with two attached hydrogens (primary N) is 1. The lowest BCUT2D eigenvalue weighted by Crippen LogP contribution is -2.61. The summed E-state index contributed by atoms with van der Waals surface area (Å²) in [4.78, 5) is 27.6. The van der Waals surface area contributed by atoms with Gasteiger partial charge in [0.05, 0.1) is 5.60 Å². The lowest BCUT2D eigenvalue weighted by atomic mass is 9.96. The highest BCUT2D eigenvalue weighted by Crippen LogP contribution is 2.27. The van der Waals surface area contributed by atoms with Crippen LogP contribution in [0.2, 0.25) is 0 Å². The molecule has 0 unspecified atom stereocenters. The Hall–Kier alpha value is -1.76. The molecule has 0 amide bonds. The minimum atomic E-state index is -0.802. The Kier molecular flexibility index (Phi) is 3.40. The Morgan fingerprint density at radius 2 is 2.05 bits per heavy atom. The monoisotopic (exact) mass is 268 g/mol. The van der Waals surface area contributed by atoms with Gasteiger partial charge in [0, 0.05) is 19.6 Å². The van der Waals surface area contributed by atoms with Crippen LogP contribution in [-0.2, 0) is 6.54 Å². The van der Waals surface area contributed by atoms with Crippen molar-refractivity contribution in [2.75, 3.05) is 23.7 Å². The number of unbranched alkanes of at least 4 members (excludes halogenated alkanes) is 1. The number of nitrogens with zero attached hydrogens (tertiary/aromatic N) is 2. The predicted octanol–water partition coefficient (Wildman–Crippen LogP) is -0.510. The number of β-amino-alcohol motifs (C(OH)–C–C–N with tert-alkyl or cyclic N) is 1. The maximum Gasteiger partial charge on any atom is 0.330 e. The van der Waals surface area contributed by atoms with Gasteiger partial charge in [-0.3, -0.25) is 14.3 Å². The molecule has 7 heteroatoms. The summed E-state index contributed by atoms with van der Waals surface area (Å²) in [5.41, 5.74) is 4.45. The average Bonchev–Trinajstić information content (AvgIpc) is 2.25. The molecule has 106 valence electrons. The molecule has 1 aliphatic heterocycles. The smallest absolute Gasteiger partial charge is 0.330 e. The van der Waals surface area contributed by atoms with Gasteiger partial charge in [-0.25, -0.2) is 4.79 Å². The van der Waals surface area contributed by atoms with Crippen molar-refractivity contribution in [3.63, 3.8) is 0 Å². The van der Waals surface area contributed by atoms with Gasteiger partial charge in [-0.1, -0.05) is 13.3 Å². The van der Waals surface area contributed by atoms with Gasteiger partial charge in [0.25, 0.3) is 5.56 Å². The van der Waals surface area contributed by atoms with E-state index in [1.807, 2.05) is 6.92 Å². The molecule has 1 aliphatic rings. The van der Waals surface area contributed by atoms with Crippen LogP contribution in [0, 0.1) is 0 Å². The van der Waals surface area contributed by atoms with Crippen molar-refractivity contribution in [1.29, 1.82) is 0 Å². The highest BCUT2D eigenvalue weighted by molar-refractivity contribution is 5.64. The van der Waals surface area contributed by atoms with Crippen molar-refractivity contribution in [2.45, 2.75) is 38.8 Å². The molecule has 0 atom stereocenters. The second kappa shape index (κ2) is 4.73. The lowest BCUT2D eigenvalue weighted by Gasteiger charge is -2.45. The number of anilines is 2. The molecule has 1 aromatic heterocycles. The van der Waals surface area contributed by atoms with E-state index < -0.39 is 16.9 Å². The number of aromatic nitrogens is 2. The number of aliphatic hydroxyl groups is 1. The highest BCUT2D eigenvalue weighted by Gasteiger charge is 2.39. The third-order valence-electron chi connectivity index (χ3n) is 3.33. The topological polar surface area (TPSA) is 104 Å². The number of aromatic amines is 1. The fraction of sp³-hybridized carbons (Fsp3) is 0.667. The standard InChI is InChI=1S/C12H20N4O3/c1-3-4-5-16-9(13)8(10(17)14-11(16)18)15-6-12(2,19)7-15/h19H,3-7,13H2,1-2H3,(H,14,17,18). The van der Waals surface area contributed by atoms with Crippen molar-refractivity contribution >= 4 is 11.5 Å². The summed E-state index contributed by atoms with van der Waals surface area (Å²) in [6, 6.07) is 0. The molecule has 0 spiro atoms. The van der Waals surface area contributed by atoms with E-state index in [-0.39, 0.29) is 11.5 Å². The molecular formula is C12H20N4O3. The van der Waals surface area contributed by atoms with Crippen LogP contribution < -0.4 is 21.9 Å². The molecule has 0 aromatic carbocycles. The first-order chi connectivity index (χ1) is 8.85. The summed E-state index contributed by atoms with van der Waals surface area (Å²) in [5.74, 6) is 0.178. The number of nitrogens with one attached hydrogen (secondary N) is 1. The fourth-order valence-electron chi connectivity index (χ4n) is 2.36. The van der Waals surface area contributed by atoms with Crippen molar-refractivity contribution in [3.05, 3.63) is 20.8 Å². The summed E-state index contributed by atoms with van der Waals surface area (Å²) in [5, 5.41) is 9.73. The molecule has 2 heterocycles. The van der Waals surface area contributed by atoms with E-state index in [0.717, 1.165) is 12.8 Å². The number of H-pyrrole nitrogens is 1. The molecule has 7 nitrogen and oxygen atoms in total. The number of nitrogen functional groups attached to an aromatic ring is 1. The van der Waals surface area contributed by atoms with Gasteiger partial charge >= 0.3 is 5.69 Å². The molecule has 19 heavy (non-hydrogen) atoms. The van der Waals surface area contributed by atoms with Crippen LogP contribution in [0.1, 0.15) is 26.7 Å². The van der Waals surface area contributed by atoms with Crippen molar-refractivity contribution in [2.24, 2.45) is 0 Å². The van der Waals surface area contributed by atoms with Gasteiger partial charge in [-0.05, 0) is 13.3 Å². The lowest BCUT2D eigenvalue weighted by molar-refractivity contribution is 0.0309. The van der Waals surface area contributed by atoms with Crippen LogP contribution in [0.4, 0.5) is 11.5 Å². The summed E-state index contributed by atoms with van der Waals surface area (Å²) in [6.45, 7) is 4.87. The van der Waals surface area contributed by atoms with Crippen molar-refractivity contribution in [3.8, 4) is 0 Å². The zero-order chi connectivity index (χ0) is 14.2. The maximum atomic E-state index is 11.9. The molecule has 1 aromatic rings. The minimum absolute atomic E-state index is 0.178. The van der Waals surface area contributed by atoms with E-state index in [1.165, 1.54) is 4.57 Å².